The van der Waals surface area contributed by atoms with Crippen molar-refractivity contribution in [1.82, 2.24) is 9.80 Å². The molecule has 0 aliphatic carbocycles. The first-order valence-corrected chi connectivity index (χ1v) is 7.54. The van der Waals surface area contributed by atoms with Crippen LogP contribution in [-0.2, 0) is 0 Å². The molecule has 110 valence electrons. The Balaban J connectivity index is 1.94. The monoisotopic (exact) mass is 315 g/mol. The quantitative estimate of drug-likeness (QED) is 0.925. The van der Waals surface area contributed by atoms with Gasteiger partial charge in [0, 0.05) is 31.2 Å². The van der Waals surface area contributed by atoms with Crippen LogP contribution in [0.3, 0.4) is 0 Å². The van der Waals surface area contributed by atoms with Crippen LogP contribution in [0.1, 0.15) is 16.8 Å². The van der Waals surface area contributed by atoms with Crippen LogP contribution in [0.5, 0.6) is 0 Å². The summed E-state index contributed by atoms with van der Waals surface area (Å²) in [5.41, 5.74) is 6.03. The van der Waals surface area contributed by atoms with Gasteiger partial charge in [0.05, 0.1) is 10.6 Å². The van der Waals surface area contributed by atoms with Gasteiger partial charge in [0.1, 0.15) is 0 Å². The number of amides is 1. The molecule has 1 aliphatic rings. The van der Waals surface area contributed by atoms with Crippen molar-refractivity contribution < 1.29 is 4.79 Å². The third-order valence-electron chi connectivity index (χ3n) is 3.50. The van der Waals surface area contributed by atoms with Crippen molar-refractivity contribution in [2.24, 2.45) is 5.73 Å². The number of hydrogen-bond donors (Lipinski definition) is 1. The van der Waals surface area contributed by atoms with Crippen molar-refractivity contribution in [3.05, 3.63) is 33.8 Å². The molecule has 2 N–H and O–H groups in total. The molecule has 4 nitrogen and oxygen atoms in total. The van der Waals surface area contributed by atoms with Crippen LogP contribution in [0.25, 0.3) is 0 Å². The molecule has 20 heavy (non-hydrogen) atoms. The summed E-state index contributed by atoms with van der Waals surface area (Å²) in [6.45, 7) is 4.93. The van der Waals surface area contributed by atoms with Gasteiger partial charge < -0.3 is 10.6 Å². The van der Waals surface area contributed by atoms with E-state index in [1.807, 2.05) is 4.90 Å². The SMILES string of the molecule is NCCCN1CCN(C(=O)c2ccc(Cl)cc2Cl)CC1. The number of carbonyl (C=O) groups excluding carboxylic acids is 1. The Hall–Kier alpha value is -0.810. The zero-order valence-corrected chi connectivity index (χ0v) is 12.8. The maximum Gasteiger partial charge on any atom is 0.255 e. The number of nitrogens with two attached hydrogens (primary N) is 1. The van der Waals surface area contributed by atoms with Crippen LogP contribution in [0.15, 0.2) is 18.2 Å². The van der Waals surface area contributed by atoms with Crippen molar-refractivity contribution in [3.63, 3.8) is 0 Å². The first-order valence-electron chi connectivity index (χ1n) is 6.78. The highest BCUT2D eigenvalue weighted by Crippen LogP contribution is 2.22. The van der Waals surface area contributed by atoms with E-state index in [1.165, 1.54) is 0 Å². The average Bonchev–Trinajstić information content (AvgIpc) is 2.45. The Labute approximate surface area is 129 Å². The molecule has 6 heteroatoms. The Morgan fingerprint density at radius 1 is 1.20 bits per heavy atom. The maximum atomic E-state index is 12.4. The molecule has 1 aliphatic heterocycles. The van der Waals surface area contributed by atoms with E-state index >= 15 is 0 Å². The van der Waals surface area contributed by atoms with E-state index in [9.17, 15) is 4.79 Å². The van der Waals surface area contributed by atoms with Gasteiger partial charge in [0.2, 0.25) is 0 Å². The van der Waals surface area contributed by atoms with E-state index in [0.29, 0.717) is 22.2 Å². The van der Waals surface area contributed by atoms with E-state index in [0.717, 1.165) is 39.1 Å². The van der Waals surface area contributed by atoms with Gasteiger partial charge in [-0.2, -0.15) is 0 Å². The molecule has 1 aromatic rings. The number of rotatable bonds is 4. The van der Waals surface area contributed by atoms with Gasteiger partial charge >= 0.3 is 0 Å². The topological polar surface area (TPSA) is 49.6 Å². The van der Waals surface area contributed by atoms with E-state index < -0.39 is 0 Å². The average molecular weight is 316 g/mol. The molecule has 0 aromatic heterocycles. The predicted molar refractivity (Wildman–Crippen MR) is 82.5 cm³/mol. The Morgan fingerprint density at radius 2 is 1.90 bits per heavy atom. The molecular weight excluding hydrogens is 297 g/mol. The molecule has 0 bridgehead atoms. The van der Waals surface area contributed by atoms with Gasteiger partial charge in [0.15, 0.2) is 0 Å². The normalized spacial score (nSPS) is 16.4. The summed E-state index contributed by atoms with van der Waals surface area (Å²) >= 11 is 11.9. The van der Waals surface area contributed by atoms with Gasteiger partial charge in [-0.1, -0.05) is 23.2 Å². The maximum absolute atomic E-state index is 12.4. The molecule has 1 aromatic carbocycles. The third kappa shape index (κ3) is 3.85. The van der Waals surface area contributed by atoms with Crippen molar-refractivity contribution in [2.45, 2.75) is 6.42 Å². The number of benzene rings is 1. The molecule has 1 heterocycles. The first-order chi connectivity index (χ1) is 9.61. The van der Waals surface area contributed by atoms with Crippen LogP contribution in [0, 0.1) is 0 Å². The second kappa shape index (κ2) is 7.27. The number of piperazine rings is 1. The fourth-order valence-electron chi connectivity index (χ4n) is 2.32. The molecule has 0 saturated carbocycles. The minimum atomic E-state index is -0.0230. The highest BCUT2D eigenvalue weighted by molar-refractivity contribution is 6.36. The lowest BCUT2D eigenvalue weighted by Crippen LogP contribution is -2.49. The number of hydrogen-bond acceptors (Lipinski definition) is 3. The molecule has 0 atom stereocenters. The largest absolute Gasteiger partial charge is 0.336 e. The van der Waals surface area contributed by atoms with E-state index in [1.54, 1.807) is 18.2 Å². The smallest absolute Gasteiger partial charge is 0.255 e. The summed E-state index contributed by atoms with van der Waals surface area (Å²) in [7, 11) is 0. The molecule has 2 rings (SSSR count). The zero-order valence-electron chi connectivity index (χ0n) is 11.3. The summed E-state index contributed by atoms with van der Waals surface area (Å²) in [5.74, 6) is -0.0230. The lowest BCUT2D eigenvalue weighted by Gasteiger charge is -2.34. The highest BCUT2D eigenvalue weighted by atomic mass is 35.5. The fraction of sp³-hybridized carbons (Fsp3) is 0.500. The standard InChI is InChI=1S/C14H19Cl2N3O/c15-11-2-3-12(13(16)10-11)14(20)19-8-6-18(7-9-19)5-1-4-17/h2-3,10H,1,4-9,17H2. The fourth-order valence-corrected chi connectivity index (χ4v) is 2.81. The zero-order chi connectivity index (χ0) is 14.5. The van der Waals surface area contributed by atoms with Crippen molar-refractivity contribution in [3.8, 4) is 0 Å². The lowest BCUT2D eigenvalue weighted by atomic mass is 10.1. The summed E-state index contributed by atoms with van der Waals surface area (Å²) in [6.07, 6.45) is 0.997. The molecule has 0 unspecified atom stereocenters. The Bertz CT molecular complexity index is 473. The lowest BCUT2D eigenvalue weighted by molar-refractivity contribution is 0.0637. The van der Waals surface area contributed by atoms with Gasteiger partial charge in [-0.05, 0) is 37.7 Å². The van der Waals surface area contributed by atoms with Gasteiger partial charge in [-0.25, -0.2) is 0 Å². The van der Waals surface area contributed by atoms with Gasteiger partial charge in [-0.15, -0.1) is 0 Å². The Morgan fingerprint density at radius 3 is 2.50 bits per heavy atom. The number of halogens is 2. The van der Waals surface area contributed by atoms with Crippen LogP contribution in [0.4, 0.5) is 0 Å². The molecule has 1 fully saturated rings. The van der Waals surface area contributed by atoms with Crippen LogP contribution in [-0.4, -0.2) is 55.0 Å². The molecule has 0 spiro atoms. The number of carbonyl (C=O) groups is 1. The summed E-state index contributed by atoms with van der Waals surface area (Å²) < 4.78 is 0. The second-order valence-electron chi connectivity index (χ2n) is 4.90. The van der Waals surface area contributed by atoms with E-state index in [-0.39, 0.29) is 5.91 Å². The first kappa shape index (κ1) is 15.6. The highest BCUT2D eigenvalue weighted by Gasteiger charge is 2.23. The van der Waals surface area contributed by atoms with Gasteiger partial charge in [0.25, 0.3) is 5.91 Å². The predicted octanol–water partition coefficient (Wildman–Crippen LogP) is 2.10. The Kier molecular flexibility index (Phi) is 5.66. The van der Waals surface area contributed by atoms with E-state index in [4.69, 9.17) is 28.9 Å². The van der Waals surface area contributed by atoms with Crippen molar-refractivity contribution in [1.29, 1.82) is 0 Å². The molecule has 1 amide bonds. The van der Waals surface area contributed by atoms with Crippen molar-refractivity contribution >= 4 is 29.1 Å². The number of nitrogens with zero attached hydrogens (tertiary/aromatic N) is 2. The summed E-state index contributed by atoms with van der Waals surface area (Å²) in [4.78, 5) is 16.6. The second-order valence-corrected chi connectivity index (χ2v) is 5.74. The molecule has 1 saturated heterocycles. The minimum Gasteiger partial charge on any atom is -0.336 e. The molecule has 0 radical (unpaired) electrons. The van der Waals surface area contributed by atoms with Crippen LogP contribution >= 0.6 is 23.2 Å². The minimum absolute atomic E-state index is 0.0230. The third-order valence-corrected chi connectivity index (χ3v) is 4.05. The van der Waals surface area contributed by atoms with Crippen molar-refractivity contribution in [2.75, 3.05) is 39.3 Å². The molecular formula is C14H19Cl2N3O. The van der Waals surface area contributed by atoms with Gasteiger partial charge in [-0.3, -0.25) is 9.69 Å². The summed E-state index contributed by atoms with van der Waals surface area (Å²) in [6, 6.07) is 4.99. The van der Waals surface area contributed by atoms with E-state index in [2.05, 4.69) is 4.90 Å². The summed E-state index contributed by atoms with van der Waals surface area (Å²) in [5, 5.41) is 0.950. The van der Waals surface area contributed by atoms with Crippen LogP contribution < -0.4 is 5.73 Å². The van der Waals surface area contributed by atoms with Crippen LogP contribution in [0.2, 0.25) is 10.0 Å².